The third-order valence-electron chi connectivity index (χ3n) is 11.2. The molecule has 0 N–H and O–H groups in total. The van der Waals surface area contributed by atoms with E-state index in [1.165, 1.54) is 33.0 Å². The first-order chi connectivity index (χ1) is 28.3. The summed E-state index contributed by atoms with van der Waals surface area (Å²) in [5, 5.41) is 4.70. The number of rotatable bonds is 7. The van der Waals surface area contributed by atoms with Crippen molar-refractivity contribution in [3.8, 4) is 39.1 Å². The summed E-state index contributed by atoms with van der Waals surface area (Å²) in [5.41, 5.74) is 15.4. The maximum absolute atomic E-state index is 6.46. The number of furan rings is 1. The molecule has 0 atom stereocenters. The maximum Gasteiger partial charge on any atom is 0.143 e. The van der Waals surface area contributed by atoms with Crippen LogP contribution in [0.5, 0.6) is 0 Å². The molecule has 0 saturated carbocycles. The number of aromatic nitrogens is 1. The summed E-state index contributed by atoms with van der Waals surface area (Å²) in [6, 6.07) is 78.1. The second-order valence-electron chi connectivity index (χ2n) is 14.5. The molecule has 2 heterocycles. The van der Waals surface area contributed by atoms with Crippen LogP contribution in [-0.4, -0.2) is 4.57 Å². The lowest BCUT2D eigenvalue weighted by Crippen LogP contribution is -2.11. The van der Waals surface area contributed by atoms with Gasteiger partial charge in [-0.2, -0.15) is 0 Å². The van der Waals surface area contributed by atoms with Crippen LogP contribution in [0.1, 0.15) is 0 Å². The van der Waals surface area contributed by atoms with Gasteiger partial charge in [0.1, 0.15) is 11.2 Å². The predicted molar refractivity (Wildman–Crippen MR) is 239 cm³/mol. The van der Waals surface area contributed by atoms with E-state index >= 15 is 0 Å². The van der Waals surface area contributed by atoms with Gasteiger partial charge in [-0.05, 0) is 65.2 Å². The Hall–Kier alpha value is -7.62. The van der Waals surface area contributed by atoms with E-state index in [0.717, 1.165) is 66.9 Å². The minimum absolute atomic E-state index is 0.902. The van der Waals surface area contributed by atoms with Crippen LogP contribution in [0.3, 0.4) is 0 Å². The SMILES string of the molecule is c1ccc(-c2ccccc2N(c2ccc(-c3cccc4c3oc3ccccc34)cc2)c2ccc3c4ccccc4n(-c4ccccc4-c4ccccc4)c3c2)cc1. The summed E-state index contributed by atoms with van der Waals surface area (Å²) in [7, 11) is 0. The van der Waals surface area contributed by atoms with Crippen LogP contribution in [0.15, 0.2) is 223 Å². The molecule has 0 unspecified atom stereocenters. The summed E-state index contributed by atoms with van der Waals surface area (Å²) in [4.78, 5) is 2.40. The van der Waals surface area contributed by atoms with Gasteiger partial charge in [-0.15, -0.1) is 0 Å². The van der Waals surface area contributed by atoms with Crippen LogP contribution in [0, 0.1) is 0 Å². The number of nitrogens with zero attached hydrogens (tertiary/aromatic N) is 2. The van der Waals surface area contributed by atoms with E-state index in [-0.39, 0.29) is 0 Å². The average Bonchev–Trinajstić information content (AvgIpc) is 3.83. The summed E-state index contributed by atoms with van der Waals surface area (Å²) in [6.07, 6.45) is 0. The van der Waals surface area contributed by atoms with Crippen molar-refractivity contribution in [2.45, 2.75) is 0 Å². The Labute approximate surface area is 330 Å². The molecule has 9 aromatic carbocycles. The lowest BCUT2D eigenvalue weighted by molar-refractivity contribution is 0.670. The zero-order chi connectivity index (χ0) is 37.7. The monoisotopic (exact) mass is 728 g/mol. The van der Waals surface area contributed by atoms with Crippen LogP contribution < -0.4 is 4.90 Å². The summed E-state index contributed by atoms with van der Waals surface area (Å²) in [5.74, 6) is 0. The molecule has 0 spiro atoms. The molecule has 268 valence electrons. The van der Waals surface area contributed by atoms with Crippen molar-refractivity contribution < 1.29 is 4.42 Å². The van der Waals surface area contributed by atoms with Gasteiger partial charge in [0.2, 0.25) is 0 Å². The molecule has 0 aliphatic heterocycles. The fraction of sp³-hybridized carbons (Fsp3) is 0. The van der Waals surface area contributed by atoms with Gasteiger partial charge in [-0.3, -0.25) is 0 Å². The summed E-state index contributed by atoms with van der Waals surface area (Å²) < 4.78 is 8.90. The summed E-state index contributed by atoms with van der Waals surface area (Å²) in [6.45, 7) is 0. The second-order valence-corrected chi connectivity index (χ2v) is 14.5. The molecule has 0 saturated heterocycles. The van der Waals surface area contributed by atoms with Crippen molar-refractivity contribution in [3.63, 3.8) is 0 Å². The molecule has 0 bridgehead atoms. The molecule has 0 amide bonds. The second kappa shape index (κ2) is 13.6. The highest BCUT2D eigenvalue weighted by Gasteiger charge is 2.21. The van der Waals surface area contributed by atoms with Gasteiger partial charge in [0.15, 0.2) is 0 Å². The quantitative estimate of drug-likeness (QED) is 0.163. The van der Waals surface area contributed by atoms with E-state index < -0.39 is 0 Å². The van der Waals surface area contributed by atoms with Crippen molar-refractivity contribution in [2.75, 3.05) is 4.90 Å². The van der Waals surface area contributed by atoms with Crippen molar-refractivity contribution in [1.82, 2.24) is 4.57 Å². The zero-order valence-electron chi connectivity index (χ0n) is 31.1. The summed E-state index contributed by atoms with van der Waals surface area (Å²) >= 11 is 0. The fourth-order valence-corrected chi connectivity index (χ4v) is 8.61. The van der Waals surface area contributed by atoms with Crippen molar-refractivity contribution >= 4 is 60.8 Å². The fourth-order valence-electron chi connectivity index (χ4n) is 8.61. The highest BCUT2D eigenvalue weighted by Crippen LogP contribution is 2.45. The highest BCUT2D eigenvalue weighted by molar-refractivity contribution is 6.12. The van der Waals surface area contributed by atoms with Gasteiger partial charge in [-0.25, -0.2) is 0 Å². The normalized spacial score (nSPS) is 11.5. The first-order valence-corrected chi connectivity index (χ1v) is 19.4. The molecule has 3 nitrogen and oxygen atoms in total. The van der Waals surface area contributed by atoms with E-state index in [2.05, 4.69) is 216 Å². The third kappa shape index (κ3) is 5.51. The standard InChI is InChI=1S/C54H36N2O/c1-3-16-37(17-4-1)42-20-7-11-26-49(42)55(40-32-30-39(31-33-40)44-24-15-25-48-47-23-10-14-29-53(47)57-54(44)48)41-34-35-46-45-22-9-13-28-51(45)56(52(46)36-41)50-27-12-8-21-43(50)38-18-5-2-6-19-38/h1-36H. The number of para-hydroxylation sites is 5. The topological polar surface area (TPSA) is 21.3 Å². The van der Waals surface area contributed by atoms with Crippen molar-refractivity contribution in [2.24, 2.45) is 0 Å². The Balaban J connectivity index is 1.13. The first-order valence-electron chi connectivity index (χ1n) is 19.4. The number of hydrogen-bond donors (Lipinski definition) is 0. The molecule has 0 radical (unpaired) electrons. The smallest absolute Gasteiger partial charge is 0.143 e. The Morgan fingerprint density at radius 3 is 1.72 bits per heavy atom. The number of anilines is 3. The third-order valence-corrected chi connectivity index (χ3v) is 11.2. The molecule has 11 rings (SSSR count). The minimum Gasteiger partial charge on any atom is -0.455 e. The molecular formula is C54H36N2O. The van der Waals surface area contributed by atoms with E-state index in [4.69, 9.17) is 4.42 Å². The first kappa shape index (κ1) is 32.8. The Bertz CT molecular complexity index is 3230. The lowest BCUT2D eigenvalue weighted by Gasteiger charge is -2.28. The maximum atomic E-state index is 6.46. The van der Waals surface area contributed by atoms with Gasteiger partial charge in [-0.1, -0.05) is 170 Å². The molecular weight excluding hydrogens is 693 g/mol. The number of hydrogen-bond acceptors (Lipinski definition) is 2. The van der Waals surface area contributed by atoms with Crippen molar-refractivity contribution in [3.05, 3.63) is 218 Å². The van der Waals surface area contributed by atoms with Crippen LogP contribution in [0.4, 0.5) is 17.1 Å². The molecule has 11 aromatic rings. The van der Waals surface area contributed by atoms with Crippen LogP contribution >= 0.6 is 0 Å². The molecule has 0 aliphatic rings. The molecule has 57 heavy (non-hydrogen) atoms. The van der Waals surface area contributed by atoms with E-state index in [1.807, 2.05) is 12.1 Å². The average molecular weight is 729 g/mol. The number of fused-ring (bicyclic) bond motifs is 6. The zero-order valence-corrected chi connectivity index (χ0v) is 31.1. The number of benzene rings is 9. The Morgan fingerprint density at radius 2 is 0.912 bits per heavy atom. The lowest BCUT2D eigenvalue weighted by atomic mass is 10.00. The predicted octanol–water partition coefficient (Wildman–Crippen LogP) is 15.2. The molecule has 0 aliphatic carbocycles. The minimum atomic E-state index is 0.902. The van der Waals surface area contributed by atoms with E-state index in [1.54, 1.807) is 0 Å². The molecule has 2 aromatic heterocycles. The highest BCUT2D eigenvalue weighted by atomic mass is 16.3. The van der Waals surface area contributed by atoms with Crippen LogP contribution in [-0.2, 0) is 0 Å². The van der Waals surface area contributed by atoms with Gasteiger partial charge >= 0.3 is 0 Å². The Morgan fingerprint density at radius 1 is 0.351 bits per heavy atom. The van der Waals surface area contributed by atoms with E-state index in [9.17, 15) is 0 Å². The largest absolute Gasteiger partial charge is 0.455 e. The molecule has 0 fully saturated rings. The van der Waals surface area contributed by atoms with Gasteiger partial charge in [0, 0.05) is 49.6 Å². The van der Waals surface area contributed by atoms with Crippen LogP contribution in [0.25, 0.3) is 82.8 Å². The van der Waals surface area contributed by atoms with E-state index in [0.29, 0.717) is 0 Å². The van der Waals surface area contributed by atoms with Gasteiger partial charge in [0.05, 0.1) is 22.4 Å². The molecule has 3 heteroatoms. The van der Waals surface area contributed by atoms with Gasteiger partial charge < -0.3 is 13.9 Å². The van der Waals surface area contributed by atoms with Gasteiger partial charge in [0.25, 0.3) is 0 Å². The Kier molecular flexibility index (Phi) is 7.82. The van der Waals surface area contributed by atoms with Crippen molar-refractivity contribution in [1.29, 1.82) is 0 Å². The van der Waals surface area contributed by atoms with Crippen LogP contribution in [0.2, 0.25) is 0 Å².